The summed E-state index contributed by atoms with van der Waals surface area (Å²) in [5.41, 5.74) is 2.75. The highest BCUT2D eigenvalue weighted by Crippen LogP contribution is 2.28. The van der Waals surface area contributed by atoms with Crippen molar-refractivity contribution in [2.24, 2.45) is 0 Å². The first-order valence-corrected chi connectivity index (χ1v) is 7.82. The monoisotopic (exact) mass is 325 g/mol. The van der Waals surface area contributed by atoms with Crippen LogP contribution in [0.4, 0.5) is 10.5 Å². The molecule has 0 fully saturated rings. The molecular formula is C18H19N3O3. The maximum absolute atomic E-state index is 11.8. The Morgan fingerprint density at radius 2 is 1.92 bits per heavy atom. The molecule has 0 atom stereocenters. The first-order valence-electron chi connectivity index (χ1n) is 7.82. The number of rotatable bonds is 5. The van der Waals surface area contributed by atoms with Gasteiger partial charge in [0, 0.05) is 13.1 Å². The second kappa shape index (κ2) is 7.50. The summed E-state index contributed by atoms with van der Waals surface area (Å²) in [6.07, 6.45) is 0.669. The molecule has 0 bridgehead atoms. The van der Waals surface area contributed by atoms with Crippen LogP contribution in [0.5, 0.6) is 5.75 Å². The average Bonchev–Trinajstić information content (AvgIpc) is 2.60. The summed E-state index contributed by atoms with van der Waals surface area (Å²) in [6, 6.07) is 15.2. The van der Waals surface area contributed by atoms with E-state index in [9.17, 15) is 9.59 Å². The molecule has 1 heterocycles. The van der Waals surface area contributed by atoms with Gasteiger partial charge in [0.2, 0.25) is 0 Å². The van der Waals surface area contributed by atoms with Crippen LogP contribution < -0.4 is 20.7 Å². The number of ether oxygens (including phenoxy) is 1. The number of nitrogens with one attached hydrogen (secondary N) is 3. The standard InChI is InChI=1S/C18H19N3O3/c22-17-12-24-16-7-6-13(10-15(16)21-17)8-9-19-18(23)20-11-14-4-2-1-3-5-14/h1-7,10H,8-9,11-12H2,(H,21,22)(H2,19,20,23). The third-order valence-corrected chi connectivity index (χ3v) is 3.67. The molecule has 6 heteroatoms. The molecule has 6 nitrogen and oxygen atoms in total. The summed E-state index contributed by atoms with van der Waals surface area (Å²) in [6.45, 7) is 1.05. The van der Waals surface area contributed by atoms with Crippen molar-refractivity contribution < 1.29 is 14.3 Å². The molecule has 0 spiro atoms. The van der Waals surface area contributed by atoms with Gasteiger partial charge in [-0.25, -0.2) is 4.79 Å². The van der Waals surface area contributed by atoms with E-state index in [1.807, 2.05) is 48.5 Å². The van der Waals surface area contributed by atoms with Crippen LogP contribution in [-0.4, -0.2) is 25.1 Å². The van der Waals surface area contributed by atoms with Gasteiger partial charge in [-0.3, -0.25) is 4.79 Å². The molecule has 2 aromatic carbocycles. The number of carbonyl (C=O) groups excluding carboxylic acids is 2. The molecule has 1 aliphatic heterocycles. The predicted octanol–water partition coefficient (Wildman–Crippen LogP) is 2.06. The maximum Gasteiger partial charge on any atom is 0.315 e. The summed E-state index contributed by atoms with van der Waals surface area (Å²) in [4.78, 5) is 23.1. The van der Waals surface area contributed by atoms with E-state index in [0.29, 0.717) is 30.9 Å². The van der Waals surface area contributed by atoms with Gasteiger partial charge in [-0.15, -0.1) is 0 Å². The van der Waals surface area contributed by atoms with Crippen LogP contribution in [0.25, 0.3) is 0 Å². The van der Waals surface area contributed by atoms with E-state index in [4.69, 9.17) is 4.74 Å². The molecule has 124 valence electrons. The van der Waals surface area contributed by atoms with E-state index in [2.05, 4.69) is 16.0 Å². The molecule has 0 radical (unpaired) electrons. The fourth-order valence-electron chi connectivity index (χ4n) is 2.45. The molecule has 0 aliphatic carbocycles. The minimum absolute atomic E-state index is 0.0511. The Labute approximate surface area is 140 Å². The zero-order valence-corrected chi connectivity index (χ0v) is 13.2. The summed E-state index contributed by atoms with van der Waals surface area (Å²) < 4.78 is 5.32. The zero-order valence-electron chi connectivity index (χ0n) is 13.2. The van der Waals surface area contributed by atoms with Crippen LogP contribution in [0.1, 0.15) is 11.1 Å². The van der Waals surface area contributed by atoms with Crippen LogP contribution >= 0.6 is 0 Å². The third kappa shape index (κ3) is 4.25. The van der Waals surface area contributed by atoms with E-state index in [0.717, 1.165) is 11.1 Å². The zero-order chi connectivity index (χ0) is 16.8. The van der Waals surface area contributed by atoms with Crippen LogP contribution in [0.2, 0.25) is 0 Å². The lowest BCUT2D eigenvalue weighted by molar-refractivity contribution is -0.118. The largest absolute Gasteiger partial charge is 0.482 e. The highest BCUT2D eigenvalue weighted by molar-refractivity contribution is 5.95. The summed E-state index contributed by atoms with van der Waals surface area (Å²) in [7, 11) is 0. The van der Waals surface area contributed by atoms with Gasteiger partial charge in [0.15, 0.2) is 6.61 Å². The number of carbonyl (C=O) groups is 2. The Bertz CT molecular complexity index is 732. The highest BCUT2D eigenvalue weighted by atomic mass is 16.5. The Kier molecular flexibility index (Phi) is 4.96. The van der Waals surface area contributed by atoms with Crippen molar-refractivity contribution in [2.75, 3.05) is 18.5 Å². The SMILES string of the molecule is O=C1COc2ccc(CCNC(=O)NCc3ccccc3)cc2N1. The van der Waals surface area contributed by atoms with Crippen molar-refractivity contribution >= 4 is 17.6 Å². The van der Waals surface area contributed by atoms with Crippen LogP contribution in [0.15, 0.2) is 48.5 Å². The van der Waals surface area contributed by atoms with E-state index < -0.39 is 0 Å². The molecule has 3 amide bonds. The Morgan fingerprint density at radius 1 is 1.08 bits per heavy atom. The topological polar surface area (TPSA) is 79.5 Å². The first-order chi connectivity index (χ1) is 11.7. The van der Waals surface area contributed by atoms with Crippen molar-refractivity contribution in [2.45, 2.75) is 13.0 Å². The number of amides is 3. The second-order valence-corrected chi connectivity index (χ2v) is 5.51. The molecule has 0 unspecified atom stereocenters. The first kappa shape index (κ1) is 15.9. The predicted molar refractivity (Wildman–Crippen MR) is 91.0 cm³/mol. The van der Waals surface area contributed by atoms with E-state index >= 15 is 0 Å². The number of urea groups is 1. The molecule has 24 heavy (non-hydrogen) atoms. The molecule has 1 aliphatic rings. The molecule has 0 saturated heterocycles. The Balaban J connectivity index is 1.44. The van der Waals surface area contributed by atoms with Crippen molar-refractivity contribution in [3.63, 3.8) is 0 Å². The van der Waals surface area contributed by atoms with Crippen molar-refractivity contribution in [3.05, 3.63) is 59.7 Å². The normalized spacial score (nSPS) is 12.6. The quantitative estimate of drug-likeness (QED) is 0.787. The number of fused-ring (bicyclic) bond motifs is 1. The maximum atomic E-state index is 11.8. The van der Waals surface area contributed by atoms with Gasteiger partial charge in [0.1, 0.15) is 5.75 Å². The van der Waals surface area contributed by atoms with Gasteiger partial charge in [0.25, 0.3) is 5.91 Å². The van der Waals surface area contributed by atoms with Gasteiger partial charge < -0.3 is 20.7 Å². The lowest BCUT2D eigenvalue weighted by Crippen LogP contribution is -2.36. The lowest BCUT2D eigenvalue weighted by atomic mass is 10.1. The summed E-state index contributed by atoms with van der Waals surface area (Å²) >= 11 is 0. The fraction of sp³-hybridized carbons (Fsp3) is 0.222. The van der Waals surface area contributed by atoms with E-state index in [1.165, 1.54) is 0 Å². The molecule has 0 saturated carbocycles. The summed E-state index contributed by atoms with van der Waals surface area (Å²) in [5.74, 6) is 0.518. The molecule has 3 rings (SSSR count). The minimum Gasteiger partial charge on any atom is -0.482 e. The van der Waals surface area contributed by atoms with Gasteiger partial charge in [-0.05, 0) is 29.7 Å². The van der Waals surface area contributed by atoms with E-state index in [-0.39, 0.29) is 18.5 Å². The molecule has 3 N–H and O–H groups in total. The number of hydrogen-bond acceptors (Lipinski definition) is 3. The van der Waals surface area contributed by atoms with Gasteiger partial charge in [-0.2, -0.15) is 0 Å². The van der Waals surface area contributed by atoms with Crippen LogP contribution in [-0.2, 0) is 17.8 Å². The smallest absolute Gasteiger partial charge is 0.315 e. The van der Waals surface area contributed by atoms with Gasteiger partial charge in [-0.1, -0.05) is 36.4 Å². The molecule has 2 aromatic rings. The van der Waals surface area contributed by atoms with Crippen LogP contribution in [0.3, 0.4) is 0 Å². The van der Waals surface area contributed by atoms with Crippen molar-refractivity contribution in [3.8, 4) is 5.75 Å². The van der Waals surface area contributed by atoms with Gasteiger partial charge in [0.05, 0.1) is 5.69 Å². The average molecular weight is 325 g/mol. The number of anilines is 1. The second-order valence-electron chi connectivity index (χ2n) is 5.51. The highest BCUT2D eigenvalue weighted by Gasteiger charge is 2.15. The van der Waals surface area contributed by atoms with Crippen LogP contribution in [0, 0.1) is 0 Å². The Hall–Kier alpha value is -3.02. The van der Waals surface area contributed by atoms with Crippen molar-refractivity contribution in [1.82, 2.24) is 10.6 Å². The van der Waals surface area contributed by atoms with Crippen molar-refractivity contribution in [1.29, 1.82) is 0 Å². The fourth-order valence-corrected chi connectivity index (χ4v) is 2.45. The minimum atomic E-state index is -0.201. The molecular weight excluding hydrogens is 306 g/mol. The Morgan fingerprint density at radius 3 is 2.75 bits per heavy atom. The molecule has 0 aromatic heterocycles. The van der Waals surface area contributed by atoms with E-state index in [1.54, 1.807) is 0 Å². The number of hydrogen-bond donors (Lipinski definition) is 3. The summed E-state index contributed by atoms with van der Waals surface area (Å²) in [5, 5.41) is 8.41. The third-order valence-electron chi connectivity index (χ3n) is 3.67. The lowest BCUT2D eigenvalue weighted by Gasteiger charge is -2.18. The van der Waals surface area contributed by atoms with Gasteiger partial charge >= 0.3 is 6.03 Å². The number of benzene rings is 2.